The van der Waals surface area contributed by atoms with Crippen LogP contribution < -0.4 is 0 Å². The Kier molecular flexibility index (Phi) is 6.63. The van der Waals surface area contributed by atoms with Gasteiger partial charge in [-0.1, -0.05) is 64.8 Å². The van der Waals surface area contributed by atoms with Crippen LogP contribution in [0.1, 0.15) is 24.1 Å². The molecule has 3 aromatic rings. The first-order valence-corrected chi connectivity index (χ1v) is 9.10. The van der Waals surface area contributed by atoms with Gasteiger partial charge >= 0.3 is 0 Å². The van der Waals surface area contributed by atoms with Crippen molar-refractivity contribution in [3.05, 3.63) is 88.4 Å². The second kappa shape index (κ2) is 9.35. The average molecular weight is 401 g/mol. The van der Waals surface area contributed by atoms with Gasteiger partial charge in [0.1, 0.15) is 25.0 Å². The van der Waals surface area contributed by atoms with Crippen molar-refractivity contribution < 1.29 is 4.84 Å². The quantitative estimate of drug-likeness (QED) is 0.392. The molecule has 0 amide bonds. The zero-order valence-electron chi connectivity index (χ0n) is 14.7. The molecule has 0 aliphatic heterocycles. The van der Waals surface area contributed by atoms with E-state index in [1.54, 1.807) is 11.0 Å². The zero-order chi connectivity index (χ0) is 19.1. The molecule has 27 heavy (non-hydrogen) atoms. The smallest absolute Gasteiger partial charge is 0.143 e. The fourth-order valence-electron chi connectivity index (χ4n) is 2.35. The molecule has 138 valence electrons. The highest BCUT2D eigenvalue weighted by atomic mass is 35.5. The van der Waals surface area contributed by atoms with E-state index in [4.69, 9.17) is 28.0 Å². The molecule has 2 aromatic carbocycles. The summed E-state index contributed by atoms with van der Waals surface area (Å²) < 4.78 is 1.71. The largest absolute Gasteiger partial charge is 0.391 e. The maximum atomic E-state index is 6.16. The standard InChI is InChI=1S/C20H18Cl2N4O/c1-15(26-14-23-13-24-26)20(11-8-16-6-9-18(21)10-7-16)25-27-12-17-4-2-3-5-19(17)22/h2-11,13-15H,12H2,1H3. The van der Waals surface area contributed by atoms with Crippen molar-refractivity contribution in [3.8, 4) is 0 Å². The maximum absolute atomic E-state index is 6.16. The zero-order valence-corrected chi connectivity index (χ0v) is 16.2. The van der Waals surface area contributed by atoms with Crippen LogP contribution in [0, 0.1) is 0 Å². The Morgan fingerprint density at radius 1 is 1.19 bits per heavy atom. The van der Waals surface area contributed by atoms with E-state index in [2.05, 4.69) is 15.2 Å². The van der Waals surface area contributed by atoms with Crippen molar-refractivity contribution in [1.29, 1.82) is 0 Å². The summed E-state index contributed by atoms with van der Waals surface area (Å²) in [7, 11) is 0. The van der Waals surface area contributed by atoms with Crippen LogP contribution in [-0.4, -0.2) is 20.5 Å². The van der Waals surface area contributed by atoms with Gasteiger partial charge in [-0.05, 0) is 36.8 Å². The topological polar surface area (TPSA) is 52.3 Å². The fourth-order valence-corrected chi connectivity index (χ4v) is 2.66. The third kappa shape index (κ3) is 5.42. The molecule has 1 unspecified atom stereocenters. The van der Waals surface area contributed by atoms with Crippen LogP contribution in [0.5, 0.6) is 0 Å². The number of benzene rings is 2. The van der Waals surface area contributed by atoms with Crippen LogP contribution in [0.4, 0.5) is 0 Å². The maximum Gasteiger partial charge on any atom is 0.143 e. The Balaban J connectivity index is 1.78. The second-order valence-electron chi connectivity index (χ2n) is 5.82. The van der Waals surface area contributed by atoms with E-state index in [9.17, 15) is 0 Å². The van der Waals surface area contributed by atoms with Gasteiger partial charge in [-0.2, -0.15) is 5.10 Å². The summed E-state index contributed by atoms with van der Waals surface area (Å²) in [4.78, 5) is 9.55. The highest BCUT2D eigenvalue weighted by Gasteiger charge is 2.12. The molecule has 0 radical (unpaired) electrons. The van der Waals surface area contributed by atoms with Crippen LogP contribution in [0.25, 0.3) is 6.08 Å². The lowest BCUT2D eigenvalue weighted by molar-refractivity contribution is 0.129. The van der Waals surface area contributed by atoms with Crippen LogP contribution >= 0.6 is 23.2 Å². The van der Waals surface area contributed by atoms with E-state index >= 15 is 0 Å². The molecule has 0 fully saturated rings. The third-order valence-corrected chi connectivity index (χ3v) is 4.55. The van der Waals surface area contributed by atoms with E-state index in [-0.39, 0.29) is 12.6 Å². The molecule has 0 saturated heterocycles. The number of nitrogens with zero attached hydrogens (tertiary/aromatic N) is 4. The van der Waals surface area contributed by atoms with Crippen LogP contribution in [0.3, 0.4) is 0 Å². The Bertz CT molecular complexity index is 921. The molecule has 1 aromatic heterocycles. The molecule has 1 atom stereocenters. The summed E-state index contributed by atoms with van der Waals surface area (Å²) >= 11 is 12.1. The number of halogens is 2. The first-order valence-electron chi connectivity index (χ1n) is 8.34. The SMILES string of the molecule is CC(C(C=Cc1ccc(Cl)cc1)=NOCc1ccccc1Cl)n1cncn1. The van der Waals surface area contributed by atoms with Gasteiger partial charge in [-0.3, -0.25) is 0 Å². The number of hydrogen-bond acceptors (Lipinski definition) is 4. The molecule has 0 bridgehead atoms. The van der Waals surface area contributed by atoms with Gasteiger partial charge in [0.05, 0.1) is 6.04 Å². The Morgan fingerprint density at radius 3 is 2.67 bits per heavy atom. The molecule has 7 heteroatoms. The van der Waals surface area contributed by atoms with Crippen LogP contribution in [-0.2, 0) is 11.4 Å². The average Bonchev–Trinajstić information content (AvgIpc) is 3.21. The minimum absolute atomic E-state index is 0.151. The molecule has 0 aliphatic carbocycles. The van der Waals surface area contributed by atoms with Gasteiger partial charge in [0.25, 0.3) is 0 Å². The second-order valence-corrected chi connectivity index (χ2v) is 6.66. The summed E-state index contributed by atoms with van der Waals surface area (Å²) in [6.45, 7) is 2.25. The first kappa shape index (κ1) is 19.1. The number of allylic oxidation sites excluding steroid dienone is 1. The first-order chi connectivity index (χ1) is 13.1. The van der Waals surface area contributed by atoms with Crippen molar-refractivity contribution in [1.82, 2.24) is 14.8 Å². The van der Waals surface area contributed by atoms with Gasteiger partial charge in [0.15, 0.2) is 0 Å². The summed E-state index contributed by atoms with van der Waals surface area (Å²) in [6.07, 6.45) is 6.97. The predicted octanol–water partition coefficient (Wildman–Crippen LogP) is 5.43. The molecule has 0 spiro atoms. The van der Waals surface area contributed by atoms with Crippen molar-refractivity contribution in [3.63, 3.8) is 0 Å². The monoisotopic (exact) mass is 400 g/mol. The fraction of sp³-hybridized carbons (Fsp3) is 0.150. The van der Waals surface area contributed by atoms with Crippen molar-refractivity contribution in [2.75, 3.05) is 0 Å². The van der Waals surface area contributed by atoms with E-state index in [0.717, 1.165) is 11.1 Å². The van der Waals surface area contributed by atoms with Gasteiger partial charge < -0.3 is 4.84 Å². The van der Waals surface area contributed by atoms with Crippen molar-refractivity contribution in [2.24, 2.45) is 5.16 Å². The van der Waals surface area contributed by atoms with E-state index in [1.807, 2.05) is 67.6 Å². The highest BCUT2D eigenvalue weighted by Crippen LogP contribution is 2.17. The van der Waals surface area contributed by atoms with Crippen LogP contribution in [0.2, 0.25) is 10.0 Å². The van der Waals surface area contributed by atoms with Gasteiger partial charge in [0.2, 0.25) is 0 Å². The molecule has 0 saturated carbocycles. The Morgan fingerprint density at radius 2 is 1.96 bits per heavy atom. The molecule has 0 N–H and O–H groups in total. The lowest BCUT2D eigenvalue weighted by Gasteiger charge is -2.12. The van der Waals surface area contributed by atoms with E-state index < -0.39 is 0 Å². The summed E-state index contributed by atoms with van der Waals surface area (Å²) in [5.74, 6) is 0. The third-order valence-electron chi connectivity index (χ3n) is 3.93. The molecular weight excluding hydrogens is 383 g/mol. The Labute approximate surface area is 167 Å². The van der Waals surface area contributed by atoms with Crippen molar-refractivity contribution in [2.45, 2.75) is 19.6 Å². The summed E-state index contributed by atoms with van der Waals surface area (Å²) in [5.41, 5.74) is 2.57. The van der Waals surface area contributed by atoms with Crippen molar-refractivity contribution >= 4 is 35.0 Å². The minimum Gasteiger partial charge on any atom is -0.391 e. The van der Waals surface area contributed by atoms with Crippen LogP contribution in [0.15, 0.2) is 72.4 Å². The molecule has 5 nitrogen and oxygen atoms in total. The van der Waals surface area contributed by atoms with E-state index in [1.165, 1.54) is 6.33 Å². The van der Waals surface area contributed by atoms with Gasteiger partial charge in [-0.15, -0.1) is 0 Å². The number of rotatable bonds is 7. The summed E-state index contributed by atoms with van der Waals surface area (Å²) in [5, 5.41) is 9.83. The lowest BCUT2D eigenvalue weighted by atomic mass is 10.1. The van der Waals surface area contributed by atoms with Gasteiger partial charge in [0, 0.05) is 15.6 Å². The lowest BCUT2D eigenvalue weighted by Crippen LogP contribution is -2.15. The normalized spacial score (nSPS) is 13.1. The highest BCUT2D eigenvalue weighted by molar-refractivity contribution is 6.31. The molecule has 3 rings (SSSR count). The Hall–Kier alpha value is -2.63. The number of hydrogen-bond donors (Lipinski definition) is 0. The van der Waals surface area contributed by atoms with Gasteiger partial charge in [-0.25, -0.2) is 9.67 Å². The number of aromatic nitrogens is 3. The predicted molar refractivity (Wildman–Crippen MR) is 109 cm³/mol. The number of oxime groups is 1. The van der Waals surface area contributed by atoms with E-state index in [0.29, 0.717) is 15.8 Å². The molecular formula is C20H18Cl2N4O. The molecule has 1 heterocycles. The summed E-state index contributed by atoms with van der Waals surface area (Å²) in [6, 6.07) is 14.9. The molecule has 0 aliphatic rings. The minimum atomic E-state index is -0.151.